The van der Waals surface area contributed by atoms with E-state index in [1.54, 1.807) is 0 Å². The van der Waals surface area contributed by atoms with Crippen LogP contribution in [0.15, 0.2) is 18.2 Å². The molecule has 3 N–H and O–H groups in total. The molecule has 0 spiro atoms. The normalized spacial score (nSPS) is 17.6. The van der Waals surface area contributed by atoms with Gasteiger partial charge in [0.2, 0.25) is 5.91 Å². The van der Waals surface area contributed by atoms with Crippen molar-refractivity contribution in [3.63, 3.8) is 0 Å². The van der Waals surface area contributed by atoms with Crippen LogP contribution in [0.1, 0.15) is 43.5 Å². The molecule has 2 amide bonds. The quantitative estimate of drug-likeness (QED) is 0.748. The minimum absolute atomic E-state index is 0.105. The monoisotopic (exact) mass is 335 g/mol. The number of nitrogens with one attached hydrogen (secondary N) is 3. The van der Waals surface area contributed by atoms with E-state index in [0.29, 0.717) is 18.9 Å². The lowest BCUT2D eigenvalue weighted by molar-refractivity contribution is -0.116. The first-order valence-corrected chi connectivity index (χ1v) is 8.54. The van der Waals surface area contributed by atoms with E-state index in [2.05, 4.69) is 16.0 Å². The highest BCUT2D eigenvalue weighted by Gasteiger charge is 2.16. The molecule has 1 aromatic rings. The van der Waals surface area contributed by atoms with Gasteiger partial charge in [0, 0.05) is 18.5 Å². The van der Waals surface area contributed by atoms with Gasteiger partial charge >= 0.3 is 0 Å². The van der Waals surface area contributed by atoms with Crippen LogP contribution in [0.4, 0.5) is 10.1 Å². The molecular formula is C18H26FN3O2. The summed E-state index contributed by atoms with van der Waals surface area (Å²) in [5, 5.41) is 8.68. The second kappa shape index (κ2) is 8.78. The summed E-state index contributed by atoms with van der Waals surface area (Å²) in [6.07, 6.45) is 2.53. The van der Waals surface area contributed by atoms with Crippen molar-refractivity contribution >= 4 is 17.5 Å². The summed E-state index contributed by atoms with van der Waals surface area (Å²) in [4.78, 5) is 23.8. The van der Waals surface area contributed by atoms with Crippen LogP contribution in [0.2, 0.25) is 0 Å². The van der Waals surface area contributed by atoms with Crippen molar-refractivity contribution in [2.24, 2.45) is 11.8 Å². The maximum atomic E-state index is 14.1. The van der Waals surface area contributed by atoms with E-state index in [9.17, 15) is 14.0 Å². The standard InChI is InChI=1S/C18H26FN3O2/c1-12(2)8-17(23)22-16-6-5-14(9-15(16)19)18(24)21-11-13-4-3-7-20-10-13/h5-6,9,12-13,20H,3-4,7-8,10-11H2,1-2H3,(H,21,24)(H,22,23). The van der Waals surface area contributed by atoms with Crippen LogP contribution in [0, 0.1) is 17.7 Å². The van der Waals surface area contributed by atoms with Crippen molar-refractivity contribution in [1.82, 2.24) is 10.6 Å². The summed E-state index contributed by atoms with van der Waals surface area (Å²) in [6, 6.07) is 4.13. The highest BCUT2D eigenvalue weighted by atomic mass is 19.1. The van der Waals surface area contributed by atoms with Crippen molar-refractivity contribution in [3.8, 4) is 0 Å². The van der Waals surface area contributed by atoms with E-state index >= 15 is 0 Å². The Balaban J connectivity index is 1.90. The fraction of sp³-hybridized carbons (Fsp3) is 0.556. The zero-order chi connectivity index (χ0) is 17.5. The van der Waals surface area contributed by atoms with Crippen molar-refractivity contribution in [3.05, 3.63) is 29.6 Å². The van der Waals surface area contributed by atoms with Crippen LogP contribution in [-0.4, -0.2) is 31.4 Å². The highest BCUT2D eigenvalue weighted by molar-refractivity contribution is 5.96. The first kappa shape index (κ1) is 18.4. The number of amides is 2. The third kappa shape index (κ3) is 5.60. The van der Waals surface area contributed by atoms with Crippen LogP contribution < -0.4 is 16.0 Å². The molecule has 0 saturated carbocycles. The molecule has 0 aliphatic carbocycles. The predicted octanol–water partition coefficient (Wildman–Crippen LogP) is 2.54. The molecule has 6 heteroatoms. The summed E-state index contributed by atoms with van der Waals surface area (Å²) < 4.78 is 14.1. The van der Waals surface area contributed by atoms with Crippen LogP contribution in [0.5, 0.6) is 0 Å². The smallest absolute Gasteiger partial charge is 0.251 e. The van der Waals surface area contributed by atoms with Crippen molar-refractivity contribution in [2.75, 3.05) is 25.0 Å². The van der Waals surface area contributed by atoms with Crippen molar-refractivity contribution < 1.29 is 14.0 Å². The van der Waals surface area contributed by atoms with E-state index in [0.717, 1.165) is 25.9 Å². The molecule has 1 unspecified atom stereocenters. The lowest BCUT2D eigenvalue weighted by atomic mass is 9.99. The first-order chi connectivity index (χ1) is 11.5. The Morgan fingerprint density at radius 1 is 1.38 bits per heavy atom. The first-order valence-electron chi connectivity index (χ1n) is 8.54. The zero-order valence-corrected chi connectivity index (χ0v) is 14.3. The molecule has 5 nitrogen and oxygen atoms in total. The molecule has 1 atom stereocenters. The van der Waals surface area contributed by atoms with Gasteiger partial charge in [-0.2, -0.15) is 0 Å². The topological polar surface area (TPSA) is 70.2 Å². The molecule has 1 aliphatic rings. The molecule has 1 heterocycles. The van der Waals surface area contributed by atoms with Crippen LogP contribution >= 0.6 is 0 Å². The van der Waals surface area contributed by atoms with Gasteiger partial charge < -0.3 is 16.0 Å². The van der Waals surface area contributed by atoms with E-state index in [1.807, 2.05) is 13.8 Å². The second-order valence-corrected chi connectivity index (χ2v) is 6.76. The van der Waals surface area contributed by atoms with E-state index in [4.69, 9.17) is 0 Å². The molecule has 1 aromatic carbocycles. The molecule has 24 heavy (non-hydrogen) atoms. The molecular weight excluding hydrogens is 309 g/mol. The van der Waals surface area contributed by atoms with Crippen LogP contribution in [0.25, 0.3) is 0 Å². The molecule has 132 valence electrons. The van der Waals surface area contributed by atoms with Gasteiger partial charge in [-0.05, 0) is 56.0 Å². The van der Waals surface area contributed by atoms with Gasteiger partial charge in [-0.3, -0.25) is 9.59 Å². The van der Waals surface area contributed by atoms with Crippen molar-refractivity contribution in [2.45, 2.75) is 33.1 Å². The number of carbonyl (C=O) groups is 2. The third-order valence-electron chi connectivity index (χ3n) is 4.05. The number of anilines is 1. The number of piperidine rings is 1. The Bertz CT molecular complexity index is 584. The Morgan fingerprint density at radius 3 is 2.79 bits per heavy atom. The predicted molar refractivity (Wildman–Crippen MR) is 92.4 cm³/mol. The number of halogens is 1. The molecule has 0 aromatic heterocycles. The van der Waals surface area contributed by atoms with Crippen LogP contribution in [0.3, 0.4) is 0 Å². The summed E-state index contributed by atoms with van der Waals surface area (Å²) in [5.41, 5.74) is 0.367. The van der Waals surface area contributed by atoms with Gasteiger partial charge in [0.1, 0.15) is 5.82 Å². The fourth-order valence-electron chi connectivity index (χ4n) is 2.77. The van der Waals surface area contributed by atoms with E-state index < -0.39 is 5.82 Å². The second-order valence-electron chi connectivity index (χ2n) is 6.76. The Kier molecular flexibility index (Phi) is 6.73. The van der Waals surface area contributed by atoms with Gasteiger partial charge in [0.25, 0.3) is 5.91 Å². The number of benzene rings is 1. The minimum Gasteiger partial charge on any atom is -0.352 e. The number of hydrogen-bond acceptors (Lipinski definition) is 3. The van der Waals surface area contributed by atoms with Crippen molar-refractivity contribution in [1.29, 1.82) is 0 Å². The maximum Gasteiger partial charge on any atom is 0.251 e. The summed E-state index contributed by atoms with van der Waals surface area (Å²) in [5.74, 6) is -0.501. The molecule has 2 rings (SSSR count). The number of carbonyl (C=O) groups excluding carboxylic acids is 2. The molecule has 1 fully saturated rings. The summed E-state index contributed by atoms with van der Waals surface area (Å²) in [6.45, 7) is 6.35. The minimum atomic E-state index is -0.598. The van der Waals surface area contributed by atoms with Gasteiger partial charge in [0.15, 0.2) is 0 Å². The SMILES string of the molecule is CC(C)CC(=O)Nc1ccc(C(=O)NCC2CCCNC2)cc1F. The molecule has 0 bridgehead atoms. The van der Waals surface area contributed by atoms with E-state index in [-0.39, 0.29) is 29.0 Å². The number of rotatable bonds is 6. The average Bonchev–Trinajstić information content (AvgIpc) is 2.54. The fourth-order valence-corrected chi connectivity index (χ4v) is 2.77. The zero-order valence-electron chi connectivity index (χ0n) is 14.3. The average molecular weight is 335 g/mol. The lowest BCUT2D eigenvalue weighted by Crippen LogP contribution is -2.38. The van der Waals surface area contributed by atoms with Gasteiger partial charge in [-0.25, -0.2) is 4.39 Å². The maximum absolute atomic E-state index is 14.1. The molecule has 1 saturated heterocycles. The Hall–Kier alpha value is -1.95. The summed E-state index contributed by atoms with van der Waals surface area (Å²) >= 11 is 0. The Morgan fingerprint density at radius 2 is 2.17 bits per heavy atom. The van der Waals surface area contributed by atoms with Crippen LogP contribution in [-0.2, 0) is 4.79 Å². The number of hydrogen-bond donors (Lipinski definition) is 3. The van der Waals surface area contributed by atoms with Gasteiger partial charge in [-0.15, -0.1) is 0 Å². The highest BCUT2D eigenvalue weighted by Crippen LogP contribution is 2.17. The largest absolute Gasteiger partial charge is 0.352 e. The third-order valence-corrected chi connectivity index (χ3v) is 4.05. The Labute approximate surface area is 142 Å². The summed E-state index contributed by atoms with van der Waals surface area (Å²) in [7, 11) is 0. The molecule has 1 aliphatic heterocycles. The lowest BCUT2D eigenvalue weighted by Gasteiger charge is -2.22. The molecule has 0 radical (unpaired) electrons. The van der Waals surface area contributed by atoms with E-state index in [1.165, 1.54) is 18.2 Å². The van der Waals surface area contributed by atoms with Gasteiger partial charge in [-0.1, -0.05) is 13.8 Å². The van der Waals surface area contributed by atoms with Gasteiger partial charge in [0.05, 0.1) is 5.69 Å².